The van der Waals surface area contributed by atoms with Crippen molar-refractivity contribution in [2.75, 3.05) is 7.05 Å². The van der Waals surface area contributed by atoms with E-state index >= 15 is 0 Å². The fourth-order valence-corrected chi connectivity index (χ4v) is 1.78. The van der Waals surface area contributed by atoms with E-state index in [1.54, 1.807) is 0 Å². The lowest BCUT2D eigenvalue weighted by Crippen LogP contribution is -2.05. The van der Waals surface area contributed by atoms with E-state index in [0.717, 1.165) is 12.8 Å². The van der Waals surface area contributed by atoms with E-state index < -0.39 is 0 Å². The molecule has 1 aromatic rings. The topological polar surface area (TPSA) is 12.0 Å². The van der Waals surface area contributed by atoms with Gasteiger partial charge in [-0.2, -0.15) is 0 Å². The Morgan fingerprint density at radius 1 is 1.13 bits per heavy atom. The number of rotatable bonds is 4. The highest BCUT2D eigenvalue weighted by atomic mass is 14.8. The lowest BCUT2D eigenvalue weighted by Gasteiger charge is -2.11. The van der Waals surface area contributed by atoms with Gasteiger partial charge in [0.05, 0.1) is 0 Å². The zero-order chi connectivity index (χ0) is 11.3. The Hall–Kier alpha value is -1.24. The largest absolute Gasteiger partial charge is 0.391 e. The Balaban J connectivity index is 3.03. The van der Waals surface area contributed by atoms with Gasteiger partial charge in [0.2, 0.25) is 0 Å². The Bertz CT molecular complexity index is 333. The summed E-state index contributed by atoms with van der Waals surface area (Å²) in [5.41, 5.74) is 5.40. The highest BCUT2D eigenvalue weighted by Crippen LogP contribution is 2.21. The molecule has 1 aromatic carbocycles. The van der Waals surface area contributed by atoms with Gasteiger partial charge in [0.15, 0.2) is 0 Å². The second-order valence-corrected chi connectivity index (χ2v) is 3.76. The van der Waals surface area contributed by atoms with E-state index in [-0.39, 0.29) is 0 Å². The van der Waals surface area contributed by atoms with Crippen molar-refractivity contribution in [2.45, 2.75) is 33.6 Å². The average Bonchev–Trinajstić information content (AvgIpc) is 2.30. The lowest BCUT2D eigenvalue weighted by molar-refractivity contribution is 0.977. The minimum absolute atomic E-state index is 1.07. The van der Waals surface area contributed by atoms with Crippen LogP contribution in [0.1, 0.15) is 38.3 Å². The molecule has 0 radical (unpaired) electrons. The zero-order valence-electron chi connectivity index (χ0n) is 10.2. The first-order chi connectivity index (χ1) is 7.22. The van der Waals surface area contributed by atoms with Crippen molar-refractivity contribution < 1.29 is 0 Å². The molecule has 1 rings (SSSR count). The van der Waals surface area contributed by atoms with Crippen molar-refractivity contribution in [3.63, 3.8) is 0 Å². The predicted molar refractivity (Wildman–Crippen MR) is 67.8 cm³/mol. The van der Waals surface area contributed by atoms with Gasteiger partial charge in [0.1, 0.15) is 0 Å². The van der Waals surface area contributed by atoms with Gasteiger partial charge in [-0.15, -0.1) is 0 Å². The van der Waals surface area contributed by atoms with Crippen LogP contribution in [0.3, 0.4) is 0 Å². The van der Waals surface area contributed by atoms with Gasteiger partial charge in [0.25, 0.3) is 0 Å². The zero-order valence-corrected chi connectivity index (χ0v) is 10.2. The van der Waals surface area contributed by atoms with Crippen LogP contribution in [0.15, 0.2) is 30.0 Å². The molecule has 0 fully saturated rings. The molecule has 1 nitrogen and oxygen atoms in total. The van der Waals surface area contributed by atoms with Gasteiger partial charge in [-0.3, -0.25) is 0 Å². The first-order valence-corrected chi connectivity index (χ1v) is 5.69. The van der Waals surface area contributed by atoms with E-state index in [0.29, 0.717) is 0 Å². The molecule has 1 N–H and O–H groups in total. The number of allylic oxidation sites excluding steroid dienone is 2. The highest BCUT2D eigenvalue weighted by Gasteiger charge is 2.02. The van der Waals surface area contributed by atoms with Crippen LogP contribution in [-0.4, -0.2) is 7.05 Å². The standard InChI is InChI=1S/C14H21N/c1-5-12-7-9-13(10-8-12)14(6-2)11(3)15-4/h7-10,15H,5-6H2,1-4H3/b14-11+. The van der Waals surface area contributed by atoms with Crippen LogP contribution in [0.5, 0.6) is 0 Å². The van der Waals surface area contributed by atoms with Crippen molar-refractivity contribution in [3.8, 4) is 0 Å². The highest BCUT2D eigenvalue weighted by molar-refractivity contribution is 5.67. The third-order valence-corrected chi connectivity index (χ3v) is 2.89. The monoisotopic (exact) mass is 203 g/mol. The van der Waals surface area contributed by atoms with E-state index in [1.807, 2.05) is 7.05 Å². The molecule has 0 aliphatic carbocycles. The summed E-state index contributed by atoms with van der Waals surface area (Å²) in [7, 11) is 1.98. The summed E-state index contributed by atoms with van der Waals surface area (Å²) in [5, 5.41) is 3.22. The van der Waals surface area contributed by atoms with Crippen molar-refractivity contribution in [3.05, 3.63) is 41.1 Å². The minimum Gasteiger partial charge on any atom is -0.391 e. The van der Waals surface area contributed by atoms with Gasteiger partial charge >= 0.3 is 0 Å². The second kappa shape index (κ2) is 5.59. The van der Waals surface area contributed by atoms with Gasteiger partial charge in [-0.25, -0.2) is 0 Å². The maximum absolute atomic E-state index is 3.22. The summed E-state index contributed by atoms with van der Waals surface area (Å²) >= 11 is 0. The average molecular weight is 203 g/mol. The Kier molecular flexibility index (Phi) is 4.41. The minimum atomic E-state index is 1.07. The second-order valence-electron chi connectivity index (χ2n) is 3.76. The maximum atomic E-state index is 3.22. The van der Waals surface area contributed by atoms with Crippen molar-refractivity contribution in [1.82, 2.24) is 5.32 Å². The van der Waals surface area contributed by atoms with Gasteiger partial charge in [0, 0.05) is 12.7 Å². The molecule has 82 valence electrons. The number of nitrogens with one attached hydrogen (secondary N) is 1. The van der Waals surface area contributed by atoms with E-state index in [2.05, 4.69) is 50.4 Å². The molecule has 0 unspecified atom stereocenters. The fraction of sp³-hybridized carbons (Fsp3) is 0.429. The quantitative estimate of drug-likeness (QED) is 0.788. The summed E-state index contributed by atoms with van der Waals surface area (Å²) in [6.07, 6.45) is 2.18. The summed E-state index contributed by atoms with van der Waals surface area (Å²) in [6, 6.07) is 8.87. The van der Waals surface area contributed by atoms with Crippen LogP contribution < -0.4 is 5.32 Å². The smallest absolute Gasteiger partial charge is 0.0111 e. The Morgan fingerprint density at radius 2 is 1.73 bits per heavy atom. The van der Waals surface area contributed by atoms with E-state index in [4.69, 9.17) is 0 Å². The summed E-state index contributed by atoms with van der Waals surface area (Å²) in [6.45, 7) is 6.51. The molecule has 15 heavy (non-hydrogen) atoms. The first-order valence-electron chi connectivity index (χ1n) is 5.69. The molecule has 0 aliphatic heterocycles. The van der Waals surface area contributed by atoms with Gasteiger partial charge < -0.3 is 5.32 Å². The molecule has 0 heterocycles. The van der Waals surface area contributed by atoms with Crippen LogP contribution in [-0.2, 0) is 6.42 Å². The van der Waals surface area contributed by atoms with Crippen molar-refractivity contribution in [2.24, 2.45) is 0 Å². The maximum Gasteiger partial charge on any atom is 0.0111 e. The summed E-state index contributed by atoms with van der Waals surface area (Å²) in [5.74, 6) is 0. The summed E-state index contributed by atoms with van der Waals surface area (Å²) in [4.78, 5) is 0. The van der Waals surface area contributed by atoms with Crippen molar-refractivity contribution >= 4 is 5.57 Å². The molecule has 0 saturated carbocycles. The normalized spacial score (nSPS) is 12.3. The number of hydrogen-bond acceptors (Lipinski definition) is 1. The molecule has 0 spiro atoms. The SMILES string of the molecule is CC/C(=C(/C)NC)c1ccc(CC)cc1. The van der Waals surface area contributed by atoms with Crippen LogP contribution >= 0.6 is 0 Å². The van der Waals surface area contributed by atoms with Crippen LogP contribution in [0.25, 0.3) is 5.57 Å². The summed E-state index contributed by atoms with van der Waals surface area (Å²) < 4.78 is 0. The van der Waals surface area contributed by atoms with Gasteiger partial charge in [-0.1, -0.05) is 38.1 Å². The van der Waals surface area contributed by atoms with Gasteiger partial charge in [-0.05, 0) is 36.5 Å². The number of benzene rings is 1. The fourth-order valence-electron chi connectivity index (χ4n) is 1.78. The molecule has 1 heteroatoms. The van der Waals surface area contributed by atoms with Crippen LogP contribution in [0, 0.1) is 0 Å². The molecule has 0 amide bonds. The molecule has 0 saturated heterocycles. The molecule has 0 bridgehead atoms. The third-order valence-electron chi connectivity index (χ3n) is 2.89. The number of aryl methyl sites for hydroxylation is 1. The van der Waals surface area contributed by atoms with E-state index in [1.165, 1.54) is 22.4 Å². The molecule has 0 aliphatic rings. The predicted octanol–water partition coefficient (Wildman–Crippen LogP) is 3.61. The lowest BCUT2D eigenvalue weighted by atomic mass is 10.00. The van der Waals surface area contributed by atoms with Crippen molar-refractivity contribution in [1.29, 1.82) is 0 Å². The number of hydrogen-bond donors (Lipinski definition) is 1. The third kappa shape index (κ3) is 2.85. The first kappa shape index (κ1) is 11.8. The Labute approximate surface area is 93.2 Å². The molecular weight excluding hydrogens is 182 g/mol. The molecule has 0 atom stereocenters. The molecule has 0 aromatic heterocycles. The Morgan fingerprint density at radius 3 is 2.13 bits per heavy atom. The molecular formula is C14H21N. The van der Waals surface area contributed by atoms with Crippen LogP contribution in [0.2, 0.25) is 0 Å². The van der Waals surface area contributed by atoms with E-state index in [9.17, 15) is 0 Å². The van der Waals surface area contributed by atoms with Crippen LogP contribution in [0.4, 0.5) is 0 Å².